The Balaban J connectivity index is 1.99. The van der Waals surface area contributed by atoms with Crippen LogP contribution in [0.15, 0.2) is 24.3 Å². The van der Waals surface area contributed by atoms with E-state index in [0.29, 0.717) is 12.0 Å². The predicted octanol–water partition coefficient (Wildman–Crippen LogP) is 3.63. The summed E-state index contributed by atoms with van der Waals surface area (Å²) in [4.78, 5) is 2.65. The van der Waals surface area contributed by atoms with E-state index in [1.807, 2.05) is 0 Å². The van der Waals surface area contributed by atoms with Crippen molar-refractivity contribution in [2.45, 2.75) is 52.6 Å². The third kappa shape index (κ3) is 4.32. The molecule has 1 N–H and O–H groups in total. The smallest absolute Gasteiger partial charge is 0.0237 e. The summed E-state index contributed by atoms with van der Waals surface area (Å²) in [6.45, 7) is 13.7. The Morgan fingerprint density at radius 2 is 1.85 bits per heavy atom. The maximum Gasteiger partial charge on any atom is 0.0237 e. The molecule has 112 valence electrons. The van der Waals surface area contributed by atoms with Gasteiger partial charge in [0.1, 0.15) is 0 Å². The van der Waals surface area contributed by atoms with Crippen molar-refractivity contribution in [2.24, 2.45) is 5.92 Å². The fraction of sp³-hybridized carbons (Fsp3) is 0.667. The maximum absolute atomic E-state index is 3.54. The molecule has 1 aromatic carbocycles. The van der Waals surface area contributed by atoms with E-state index in [0.717, 1.165) is 25.6 Å². The Morgan fingerprint density at radius 3 is 2.45 bits per heavy atom. The van der Waals surface area contributed by atoms with Crippen LogP contribution in [0.1, 0.15) is 51.2 Å². The molecule has 0 bridgehead atoms. The summed E-state index contributed by atoms with van der Waals surface area (Å²) < 4.78 is 0. The zero-order valence-electron chi connectivity index (χ0n) is 13.5. The van der Waals surface area contributed by atoms with Crippen LogP contribution in [-0.2, 0) is 6.54 Å². The highest BCUT2D eigenvalue weighted by molar-refractivity contribution is 5.24. The highest BCUT2D eigenvalue weighted by Gasteiger charge is 2.22. The quantitative estimate of drug-likeness (QED) is 0.882. The van der Waals surface area contributed by atoms with Crippen LogP contribution >= 0.6 is 0 Å². The normalized spacial score (nSPS) is 20.8. The van der Waals surface area contributed by atoms with Crippen molar-refractivity contribution in [1.29, 1.82) is 0 Å². The van der Waals surface area contributed by atoms with Crippen molar-refractivity contribution in [2.75, 3.05) is 19.6 Å². The van der Waals surface area contributed by atoms with E-state index < -0.39 is 0 Å². The van der Waals surface area contributed by atoms with E-state index in [2.05, 4.69) is 62.2 Å². The van der Waals surface area contributed by atoms with Crippen molar-refractivity contribution in [1.82, 2.24) is 10.2 Å². The summed E-state index contributed by atoms with van der Waals surface area (Å²) in [5.74, 6) is 1.39. The SMILES string of the molecule is CC(C)CC1CNCCN1Cc1ccc(C(C)C)cc1. The van der Waals surface area contributed by atoms with Gasteiger partial charge in [-0.1, -0.05) is 52.0 Å². The molecule has 1 aromatic rings. The van der Waals surface area contributed by atoms with Gasteiger partial charge in [-0.3, -0.25) is 4.90 Å². The second kappa shape index (κ2) is 7.24. The average Bonchev–Trinajstić information content (AvgIpc) is 2.41. The van der Waals surface area contributed by atoms with Gasteiger partial charge in [-0.15, -0.1) is 0 Å². The standard InChI is InChI=1S/C18H30N2/c1-14(2)11-18-12-19-9-10-20(18)13-16-5-7-17(8-6-16)15(3)4/h5-8,14-15,18-19H,9-13H2,1-4H3. The third-order valence-electron chi connectivity index (χ3n) is 4.25. The lowest BCUT2D eigenvalue weighted by Gasteiger charge is -2.37. The molecule has 0 radical (unpaired) electrons. The number of hydrogen-bond donors (Lipinski definition) is 1. The molecule has 20 heavy (non-hydrogen) atoms. The van der Waals surface area contributed by atoms with Gasteiger partial charge in [-0.05, 0) is 29.4 Å². The number of rotatable bonds is 5. The Kier molecular flexibility index (Phi) is 5.62. The van der Waals surface area contributed by atoms with Crippen LogP contribution in [0.2, 0.25) is 0 Å². The highest BCUT2D eigenvalue weighted by atomic mass is 15.2. The minimum absolute atomic E-state index is 0.622. The van der Waals surface area contributed by atoms with Crippen LogP contribution in [0.25, 0.3) is 0 Å². The van der Waals surface area contributed by atoms with Gasteiger partial charge in [-0.25, -0.2) is 0 Å². The largest absolute Gasteiger partial charge is 0.314 e. The van der Waals surface area contributed by atoms with Gasteiger partial charge in [0.05, 0.1) is 0 Å². The van der Waals surface area contributed by atoms with Crippen molar-refractivity contribution < 1.29 is 0 Å². The second-order valence-electron chi connectivity index (χ2n) is 6.85. The van der Waals surface area contributed by atoms with Crippen molar-refractivity contribution >= 4 is 0 Å². The Morgan fingerprint density at radius 1 is 1.15 bits per heavy atom. The molecule has 1 aliphatic rings. The zero-order chi connectivity index (χ0) is 14.5. The number of nitrogens with one attached hydrogen (secondary N) is 1. The third-order valence-corrected chi connectivity index (χ3v) is 4.25. The minimum atomic E-state index is 0.622. The number of hydrogen-bond acceptors (Lipinski definition) is 2. The Bertz CT molecular complexity index is 394. The van der Waals surface area contributed by atoms with Gasteiger partial charge in [-0.2, -0.15) is 0 Å². The number of nitrogens with zero attached hydrogens (tertiary/aromatic N) is 1. The van der Waals surface area contributed by atoms with Gasteiger partial charge >= 0.3 is 0 Å². The van der Waals surface area contributed by atoms with Gasteiger partial charge < -0.3 is 5.32 Å². The minimum Gasteiger partial charge on any atom is -0.314 e. The first kappa shape index (κ1) is 15.5. The molecule has 1 unspecified atom stereocenters. The molecule has 1 heterocycles. The molecule has 2 heteroatoms. The molecule has 0 spiro atoms. The van der Waals surface area contributed by atoms with Crippen molar-refractivity contribution in [3.8, 4) is 0 Å². The van der Waals surface area contributed by atoms with E-state index >= 15 is 0 Å². The summed E-state index contributed by atoms with van der Waals surface area (Å²) >= 11 is 0. The van der Waals surface area contributed by atoms with E-state index in [9.17, 15) is 0 Å². The van der Waals surface area contributed by atoms with Crippen LogP contribution in [-0.4, -0.2) is 30.6 Å². The van der Waals surface area contributed by atoms with Gasteiger partial charge in [0.2, 0.25) is 0 Å². The topological polar surface area (TPSA) is 15.3 Å². The van der Waals surface area contributed by atoms with Gasteiger partial charge in [0.25, 0.3) is 0 Å². The Hall–Kier alpha value is -0.860. The molecule has 1 saturated heterocycles. The van der Waals surface area contributed by atoms with Crippen LogP contribution in [0.4, 0.5) is 0 Å². The predicted molar refractivity (Wildman–Crippen MR) is 87.1 cm³/mol. The summed E-state index contributed by atoms with van der Waals surface area (Å²) in [7, 11) is 0. The summed E-state index contributed by atoms with van der Waals surface area (Å²) in [6, 6.07) is 9.89. The second-order valence-corrected chi connectivity index (χ2v) is 6.85. The van der Waals surface area contributed by atoms with Crippen LogP contribution < -0.4 is 5.32 Å². The molecule has 1 fully saturated rings. The first-order valence-corrected chi connectivity index (χ1v) is 8.10. The zero-order valence-corrected chi connectivity index (χ0v) is 13.5. The lowest BCUT2D eigenvalue weighted by molar-refractivity contribution is 0.134. The first-order valence-electron chi connectivity index (χ1n) is 8.10. The first-order chi connectivity index (χ1) is 9.56. The lowest BCUT2D eigenvalue weighted by atomic mass is 9.99. The summed E-state index contributed by atoms with van der Waals surface area (Å²) in [5, 5.41) is 3.54. The molecule has 1 aliphatic heterocycles. The van der Waals surface area contributed by atoms with E-state index in [-0.39, 0.29) is 0 Å². The van der Waals surface area contributed by atoms with Gasteiger partial charge in [0, 0.05) is 32.2 Å². The molecule has 2 rings (SSSR count). The molecular formula is C18H30N2. The Labute approximate surface area is 124 Å². The van der Waals surface area contributed by atoms with E-state index in [1.165, 1.54) is 24.1 Å². The average molecular weight is 274 g/mol. The molecule has 1 atom stereocenters. The monoisotopic (exact) mass is 274 g/mol. The van der Waals surface area contributed by atoms with E-state index in [4.69, 9.17) is 0 Å². The number of benzene rings is 1. The van der Waals surface area contributed by atoms with Crippen LogP contribution in [0.5, 0.6) is 0 Å². The summed E-state index contributed by atoms with van der Waals surface area (Å²) in [6.07, 6.45) is 1.29. The van der Waals surface area contributed by atoms with Crippen molar-refractivity contribution in [3.05, 3.63) is 35.4 Å². The summed E-state index contributed by atoms with van der Waals surface area (Å²) in [5.41, 5.74) is 2.89. The van der Waals surface area contributed by atoms with E-state index in [1.54, 1.807) is 0 Å². The number of piperazine rings is 1. The molecular weight excluding hydrogens is 244 g/mol. The maximum atomic E-state index is 3.54. The fourth-order valence-corrected chi connectivity index (χ4v) is 3.03. The molecule has 0 aliphatic carbocycles. The van der Waals surface area contributed by atoms with Crippen LogP contribution in [0, 0.1) is 5.92 Å². The van der Waals surface area contributed by atoms with Gasteiger partial charge in [0.15, 0.2) is 0 Å². The molecule has 0 saturated carbocycles. The lowest BCUT2D eigenvalue weighted by Crippen LogP contribution is -2.51. The fourth-order valence-electron chi connectivity index (χ4n) is 3.03. The van der Waals surface area contributed by atoms with Crippen molar-refractivity contribution in [3.63, 3.8) is 0 Å². The van der Waals surface area contributed by atoms with Crippen LogP contribution in [0.3, 0.4) is 0 Å². The molecule has 0 amide bonds. The highest BCUT2D eigenvalue weighted by Crippen LogP contribution is 2.19. The molecule has 2 nitrogen and oxygen atoms in total. The molecule has 0 aromatic heterocycles.